The maximum atomic E-state index is 12.8. The van der Waals surface area contributed by atoms with Gasteiger partial charge >= 0.3 is 12.1 Å². The summed E-state index contributed by atoms with van der Waals surface area (Å²) < 4.78 is 11.4. The van der Waals surface area contributed by atoms with Crippen molar-refractivity contribution in [3.05, 3.63) is 89.5 Å². The third kappa shape index (κ3) is 6.70. The third-order valence-corrected chi connectivity index (χ3v) is 6.15. The number of carboxylic acid groups (broad SMARTS) is 1. The van der Waals surface area contributed by atoms with Crippen LogP contribution in [0.15, 0.2) is 72.8 Å². The molecular weight excluding hydrogens is 484 g/mol. The molecule has 0 aromatic heterocycles. The van der Waals surface area contributed by atoms with Crippen molar-refractivity contribution in [2.24, 2.45) is 0 Å². The highest BCUT2D eigenvalue weighted by molar-refractivity contribution is 5.88. The van der Waals surface area contributed by atoms with Gasteiger partial charge < -0.3 is 25.2 Å². The number of ether oxygens (including phenoxy) is 2. The number of amides is 2. The van der Waals surface area contributed by atoms with Crippen molar-refractivity contribution in [2.75, 3.05) is 13.2 Å². The van der Waals surface area contributed by atoms with Gasteiger partial charge in [0, 0.05) is 12.3 Å². The lowest BCUT2D eigenvalue weighted by Gasteiger charge is -2.22. The lowest BCUT2D eigenvalue weighted by molar-refractivity contribution is -0.138. The Morgan fingerprint density at radius 1 is 0.895 bits per heavy atom. The van der Waals surface area contributed by atoms with Crippen LogP contribution < -0.4 is 15.4 Å². The molecule has 8 heteroatoms. The van der Waals surface area contributed by atoms with E-state index in [0.717, 1.165) is 27.8 Å². The summed E-state index contributed by atoms with van der Waals surface area (Å²) >= 11 is 0. The van der Waals surface area contributed by atoms with Crippen molar-refractivity contribution in [1.29, 1.82) is 0 Å². The highest BCUT2D eigenvalue weighted by Gasteiger charge is 2.30. The van der Waals surface area contributed by atoms with E-state index in [-0.39, 0.29) is 24.5 Å². The molecule has 2 amide bonds. The molecule has 0 fully saturated rings. The second-order valence-corrected chi connectivity index (χ2v) is 10.2. The van der Waals surface area contributed by atoms with E-state index in [9.17, 15) is 14.4 Å². The van der Waals surface area contributed by atoms with E-state index in [4.69, 9.17) is 14.6 Å². The Kier molecular flexibility index (Phi) is 8.00. The van der Waals surface area contributed by atoms with Crippen LogP contribution in [-0.2, 0) is 20.7 Å². The van der Waals surface area contributed by atoms with Crippen LogP contribution in [-0.4, -0.2) is 47.9 Å². The lowest BCUT2D eigenvalue weighted by Crippen LogP contribution is -2.49. The first-order valence-electron chi connectivity index (χ1n) is 12.5. The average Bonchev–Trinajstić information content (AvgIpc) is 3.19. The van der Waals surface area contributed by atoms with Gasteiger partial charge in [0.25, 0.3) is 0 Å². The third-order valence-electron chi connectivity index (χ3n) is 6.15. The first kappa shape index (κ1) is 26.7. The number of hydrogen-bond acceptors (Lipinski definition) is 5. The molecule has 3 aromatic carbocycles. The zero-order valence-electron chi connectivity index (χ0n) is 21.7. The number of carboxylic acids is 1. The molecule has 0 heterocycles. The average molecular weight is 517 g/mol. The number of carbonyl (C=O) groups is 3. The predicted molar refractivity (Wildman–Crippen MR) is 143 cm³/mol. The van der Waals surface area contributed by atoms with Crippen LogP contribution in [0.1, 0.15) is 43.4 Å². The summed E-state index contributed by atoms with van der Waals surface area (Å²) in [4.78, 5) is 36.6. The summed E-state index contributed by atoms with van der Waals surface area (Å²) in [5.41, 5.74) is 4.79. The fourth-order valence-corrected chi connectivity index (χ4v) is 4.56. The molecule has 8 nitrogen and oxygen atoms in total. The second kappa shape index (κ2) is 11.4. The van der Waals surface area contributed by atoms with Crippen molar-refractivity contribution in [1.82, 2.24) is 10.6 Å². The van der Waals surface area contributed by atoms with Gasteiger partial charge in [-0.1, -0.05) is 60.7 Å². The quantitative estimate of drug-likeness (QED) is 0.386. The Morgan fingerprint density at radius 2 is 1.47 bits per heavy atom. The predicted octanol–water partition coefficient (Wildman–Crippen LogP) is 4.51. The first-order valence-corrected chi connectivity index (χ1v) is 12.5. The number of carbonyl (C=O) groups excluding carboxylic acids is 2. The molecule has 0 bridgehead atoms. The Morgan fingerprint density at radius 3 is 2.03 bits per heavy atom. The van der Waals surface area contributed by atoms with Gasteiger partial charge in [-0.3, -0.25) is 9.59 Å². The maximum absolute atomic E-state index is 12.8. The van der Waals surface area contributed by atoms with Crippen LogP contribution in [0.25, 0.3) is 11.1 Å². The van der Waals surface area contributed by atoms with Gasteiger partial charge in [-0.2, -0.15) is 0 Å². The molecule has 1 aliphatic carbocycles. The number of alkyl carbamates (subject to hydrolysis) is 1. The topological polar surface area (TPSA) is 114 Å². The first-order chi connectivity index (χ1) is 18.1. The van der Waals surface area contributed by atoms with E-state index in [0.29, 0.717) is 5.75 Å². The molecule has 0 radical (unpaired) electrons. The summed E-state index contributed by atoms with van der Waals surface area (Å²) in [6.07, 6.45) is -0.610. The minimum atomic E-state index is -1.18. The Bertz CT molecular complexity index is 1270. The van der Waals surface area contributed by atoms with Crippen molar-refractivity contribution < 1.29 is 29.0 Å². The van der Waals surface area contributed by atoms with E-state index in [1.807, 2.05) is 57.2 Å². The van der Waals surface area contributed by atoms with E-state index in [1.165, 1.54) is 0 Å². The van der Waals surface area contributed by atoms with Crippen molar-refractivity contribution in [2.45, 2.75) is 44.8 Å². The number of aliphatic carboxylic acids is 1. The summed E-state index contributed by atoms with van der Waals surface area (Å²) in [5.74, 6) is -1.24. The van der Waals surface area contributed by atoms with Crippen molar-refractivity contribution >= 4 is 18.0 Å². The van der Waals surface area contributed by atoms with E-state index < -0.39 is 30.6 Å². The summed E-state index contributed by atoms with van der Waals surface area (Å²) in [7, 11) is 0. The van der Waals surface area contributed by atoms with Gasteiger partial charge in [-0.25, -0.2) is 4.79 Å². The zero-order valence-corrected chi connectivity index (χ0v) is 21.7. The minimum absolute atomic E-state index is 0.0994. The van der Waals surface area contributed by atoms with E-state index in [2.05, 4.69) is 22.8 Å². The fraction of sp³-hybridized carbons (Fsp3) is 0.300. The fourth-order valence-electron chi connectivity index (χ4n) is 4.56. The Hall–Kier alpha value is -4.33. The maximum Gasteiger partial charge on any atom is 0.407 e. The molecule has 0 saturated carbocycles. The Balaban J connectivity index is 1.43. The molecule has 0 unspecified atom stereocenters. The van der Waals surface area contributed by atoms with E-state index in [1.54, 1.807) is 24.3 Å². The zero-order chi connectivity index (χ0) is 27.3. The van der Waals surface area contributed by atoms with Crippen LogP contribution in [0.4, 0.5) is 4.79 Å². The molecule has 198 valence electrons. The van der Waals surface area contributed by atoms with Crippen LogP contribution in [0.2, 0.25) is 0 Å². The highest BCUT2D eigenvalue weighted by atomic mass is 16.5. The van der Waals surface area contributed by atoms with Crippen LogP contribution in [0.5, 0.6) is 5.75 Å². The normalized spacial score (nSPS) is 13.1. The van der Waals surface area contributed by atoms with E-state index >= 15 is 0 Å². The molecule has 3 N–H and O–H groups in total. The molecule has 38 heavy (non-hydrogen) atoms. The molecule has 0 saturated heterocycles. The number of rotatable bonds is 9. The molecule has 4 rings (SSSR count). The van der Waals surface area contributed by atoms with Crippen molar-refractivity contribution in [3.63, 3.8) is 0 Å². The minimum Gasteiger partial charge on any atom is -0.488 e. The number of nitrogens with one attached hydrogen (secondary N) is 2. The van der Waals surface area contributed by atoms with Gasteiger partial charge in [0.15, 0.2) is 0 Å². The number of fused-ring (bicyclic) bond motifs is 3. The van der Waals surface area contributed by atoms with Gasteiger partial charge in [-0.15, -0.1) is 0 Å². The SMILES string of the molecule is CC(C)(C)Oc1ccc(C[C@H](NC(=O)OCC2c3ccccc3-c3ccccc32)C(=O)NCC(=O)O)cc1. The molecule has 0 aliphatic heterocycles. The largest absolute Gasteiger partial charge is 0.488 e. The Labute approximate surface area is 222 Å². The van der Waals surface area contributed by atoms with Gasteiger partial charge in [-0.05, 0) is 60.7 Å². The summed E-state index contributed by atoms with van der Waals surface area (Å²) in [6, 6.07) is 22.2. The van der Waals surface area contributed by atoms with Gasteiger partial charge in [0.05, 0.1) is 0 Å². The molecular formula is C30H32N2O6. The summed E-state index contributed by atoms with van der Waals surface area (Å²) in [5, 5.41) is 13.9. The molecule has 3 aromatic rings. The number of benzene rings is 3. The summed E-state index contributed by atoms with van der Waals surface area (Å²) in [6.45, 7) is 5.38. The molecule has 1 atom stereocenters. The molecule has 0 spiro atoms. The number of hydrogen-bond donors (Lipinski definition) is 3. The highest BCUT2D eigenvalue weighted by Crippen LogP contribution is 2.44. The smallest absolute Gasteiger partial charge is 0.407 e. The van der Waals surface area contributed by atoms with Gasteiger partial charge in [0.1, 0.15) is 30.5 Å². The molecule has 1 aliphatic rings. The van der Waals surface area contributed by atoms with Crippen LogP contribution in [0, 0.1) is 0 Å². The van der Waals surface area contributed by atoms with Gasteiger partial charge in [0.2, 0.25) is 5.91 Å². The second-order valence-electron chi connectivity index (χ2n) is 10.2. The van der Waals surface area contributed by atoms with Crippen LogP contribution >= 0.6 is 0 Å². The lowest BCUT2D eigenvalue weighted by atomic mass is 9.98. The monoisotopic (exact) mass is 516 g/mol. The van der Waals surface area contributed by atoms with Crippen molar-refractivity contribution in [3.8, 4) is 16.9 Å². The van der Waals surface area contributed by atoms with Crippen LogP contribution in [0.3, 0.4) is 0 Å². The standard InChI is InChI=1S/C30H32N2O6/c1-30(2,3)38-20-14-12-19(13-15-20)16-26(28(35)31-17-27(33)34)32-29(36)37-18-25-23-10-6-4-8-21(23)22-9-5-7-11-24(22)25/h4-15,25-26H,16-18H2,1-3H3,(H,31,35)(H,32,36)(H,33,34)/t26-/m0/s1.